The Morgan fingerprint density at radius 3 is 2.82 bits per heavy atom. The molecule has 1 aliphatic carbocycles. The molecule has 0 atom stereocenters. The summed E-state index contributed by atoms with van der Waals surface area (Å²) in [5.74, 6) is 0.333. The lowest BCUT2D eigenvalue weighted by Crippen LogP contribution is -2.13. The Balaban J connectivity index is 1.52. The first-order valence-corrected chi connectivity index (χ1v) is 9.81. The van der Waals surface area contributed by atoms with E-state index >= 15 is 0 Å². The van der Waals surface area contributed by atoms with Gasteiger partial charge in [-0.25, -0.2) is 9.67 Å². The lowest BCUT2D eigenvalue weighted by Gasteiger charge is -2.09. The fraction of sp³-hybridized carbons (Fsp3) is 0.333. The summed E-state index contributed by atoms with van der Waals surface area (Å²) in [6.07, 6.45) is 6.01. The van der Waals surface area contributed by atoms with Crippen molar-refractivity contribution in [1.82, 2.24) is 24.5 Å². The predicted octanol–water partition coefficient (Wildman–Crippen LogP) is 3.95. The van der Waals surface area contributed by atoms with Crippen LogP contribution in [0.1, 0.15) is 48.7 Å². The highest BCUT2D eigenvalue weighted by atomic mass is 16.1. The van der Waals surface area contributed by atoms with E-state index in [1.807, 2.05) is 46.7 Å². The van der Waals surface area contributed by atoms with Gasteiger partial charge in [0, 0.05) is 42.0 Å². The number of carbonyl (C=O) groups is 1. The molecule has 0 saturated heterocycles. The number of aromatic nitrogens is 5. The summed E-state index contributed by atoms with van der Waals surface area (Å²) in [6.45, 7) is 5.63. The van der Waals surface area contributed by atoms with E-state index in [4.69, 9.17) is 4.98 Å². The minimum atomic E-state index is -0.132. The molecule has 0 aliphatic heterocycles. The second-order valence-corrected chi connectivity index (χ2v) is 7.28. The molecule has 1 fully saturated rings. The Kier molecular flexibility index (Phi) is 3.89. The molecule has 0 unspecified atom stereocenters. The van der Waals surface area contributed by atoms with Crippen molar-refractivity contribution in [3.63, 3.8) is 0 Å². The Morgan fingerprint density at radius 1 is 1.21 bits per heavy atom. The van der Waals surface area contributed by atoms with Gasteiger partial charge in [0.1, 0.15) is 0 Å². The smallest absolute Gasteiger partial charge is 0.256 e. The van der Waals surface area contributed by atoms with E-state index in [0.29, 0.717) is 11.5 Å². The zero-order valence-electron chi connectivity index (χ0n) is 16.0. The van der Waals surface area contributed by atoms with Gasteiger partial charge in [0.2, 0.25) is 0 Å². The number of fused-ring (bicyclic) bond motifs is 2. The molecule has 3 heterocycles. The van der Waals surface area contributed by atoms with E-state index in [0.717, 1.165) is 59.2 Å². The standard InChI is InChI=1S/C21H22N6O/c1-3-26-12-14-9-15(7-8-18(14)25-26)23-21(28)16-10-19(13-5-6-13)24-20-17(16)11-22-27(20)4-2/h7-13H,3-6H2,1-2H3,(H,23,28). The molecule has 142 valence electrons. The van der Waals surface area contributed by atoms with Crippen molar-refractivity contribution in [1.29, 1.82) is 0 Å². The van der Waals surface area contributed by atoms with E-state index < -0.39 is 0 Å². The average molecular weight is 374 g/mol. The molecule has 1 saturated carbocycles. The van der Waals surface area contributed by atoms with Gasteiger partial charge >= 0.3 is 0 Å². The molecule has 1 amide bonds. The molecular weight excluding hydrogens is 352 g/mol. The Labute approximate surface area is 162 Å². The van der Waals surface area contributed by atoms with E-state index in [2.05, 4.69) is 22.4 Å². The molecule has 7 nitrogen and oxygen atoms in total. The van der Waals surface area contributed by atoms with Crippen LogP contribution >= 0.6 is 0 Å². The fourth-order valence-corrected chi connectivity index (χ4v) is 3.59. The van der Waals surface area contributed by atoms with Gasteiger partial charge in [0.25, 0.3) is 5.91 Å². The Morgan fingerprint density at radius 2 is 2.07 bits per heavy atom. The van der Waals surface area contributed by atoms with Crippen molar-refractivity contribution in [3.8, 4) is 0 Å². The van der Waals surface area contributed by atoms with Gasteiger partial charge < -0.3 is 5.32 Å². The van der Waals surface area contributed by atoms with Gasteiger partial charge in [-0.05, 0) is 51.0 Å². The minimum Gasteiger partial charge on any atom is -0.322 e. The number of rotatable bonds is 5. The first-order chi connectivity index (χ1) is 13.7. The van der Waals surface area contributed by atoms with Crippen LogP contribution in [-0.4, -0.2) is 30.5 Å². The third-order valence-corrected chi connectivity index (χ3v) is 5.30. The third-order valence-electron chi connectivity index (χ3n) is 5.30. The number of anilines is 1. The van der Waals surface area contributed by atoms with Crippen molar-refractivity contribution in [2.24, 2.45) is 0 Å². The van der Waals surface area contributed by atoms with Gasteiger partial charge in [-0.1, -0.05) is 0 Å². The zero-order valence-corrected chi connectivity index (χ0v) is 16.0. The number of nitrogens with zero attached hydrogens (tertiary/aromatic N) is 5. The van der Waals surface area contributed by atoms with E-state index in [9.17, 15) is 4.79 Å². The first-order valence-electron chi connectivity index (χ1n) is 9.81. The van der Waals surface area contributed by atoms with Crippen molar-refractivity contribution in [3.05, 3.63) is 47.9 Å². The number of aryl methyl sites for hydroxylation is 2. The summed E-state index contributed by atoms with van der Waals surface area (Å²) in [5.41, 5.74) is 4.10. The second-order valence-electron chi connectivity index (χ2n) is 7.28. The highest BCUT2D eigenvalue weighted by molar-refractivity contribution is 6.12. The molecule has 0 radical (unpaired) electrons. The van der Waals surface area contributed by atoms with Gasteiger partial charge in [-0.2, -0.15) is 10.2 Å². The SMILES string of the molecule is CCn1cc2cc(NC(=O)c3cc(C4CC4)nc4c3cnn4CC)ccc2n1. The summed E-state index contributed by atoms with van der Waals surface area (Å²) < 4.78 is 3.74. The third kappa shape index (κ3) is 2.83. The molecule has 5 rings (SSSR count). The highest BCUT2D eigenvalue weighted by Crippen LogP contribution is 2.40. The van der Waals surface area contributed by atoms with Crippen LogP contribution in [0.4, 0.5) is 5.69 Å². The second kappa shape index (κ2) is 6.44. The number of amides is 1. The van der Waals surface area contributed by atoms with Crippen molar-refractivity contribution >= 4 is 33.5 Å². The van der Waals surface area contributed by atoms with Crippen LogP contribution in [0.2, 0.25) is 0 Å². The summed E-state index contributed by atoms with van der Waals surface area (Å²) in [4.78, 5) is 17.9. The topological polar surface area (TPSA) is 77.6 Å². The van der Waals surface area contributed by atoms with Gasteiger partial charge in [0.15, 0.2) is 5.65 Å². The monoisotopic (exact) mass is 374 g/mol. The quantitative estimate of drug-likeness (QED) is 0.574. The zero-order chi connectivity index (χ0) is 19.3. The number of pyridine rings is 1. The normalized spacial score (nSPS) is 14.1. The molecular formula is C21H22N6O. The fourth-order valence-electron chi connectivity index (χ4n) is 3.59. The Hall–Kier alpha value is -3.22. The molecule has 4 aromatic rings. The lowest BCUT2D eigenvalue weighted by atomic mass is 10.1. The Bertz CT molecular complexity index is 1200. The highest BCUT2D eigenvalue weighted by Gasteiger charge is 2.28. The molecule has 1 aromatic carbocycles. The van der Waals surface area contributed by atoms with E-state index in [1.54, 1.807) is 6.20 Å². The first kappa shape index (κ1) is 16.9. The van der Waals surface area contributed by atoms with Crippen LogP contribution in [-0.2, 0) is 13.1 Å². The maximum Gasteiger partial charge on any atom is 0.256 e. The predicted molar refractivity (Wildman–Crippen MR) is 109 cm³/mol. The number of hydrogen-bond donors (Lipinski definition) is 1. The van der Waals surface area contributed by atoms with Crippen LogP contribution < -0.4 is 5.32 Å². The van der Waals surface area contributed by atoms with Crippen molar-refractivity contribution in [2.45, 2.75) is 45.7 Å². The molecule has 7 heteroatoms. The van der Waals surface area contributed by atoms with Gasteiger partial charge in [0.05, 0.1) is 22.7 Å². The molecule has 28 heavy (non-hydrogen) atoms. The van der Waals surface area contributed by atoms with E-state index in [1.165, 1.54) is 0 Å². The summed E-state index contributed by atoms with van der Waals surface area (Å²) in [7, 11) is 0. The number of nitrogens with one attached hydrogen (secondary N) is 1. The summed E-state index contributed by atoms with van der Waals surface area (Å²) >= 11 is 0. The minimum absolute atomic E-state index is 0.132. The van der Waals surface area contributed by atoms with Crippen LogP contribution in [0.5, 0.6) is 0 Å². The number of carbonyl (C=O) groups excluding carboxylic acids is 1. The molecule has 1 aliphatic rings. The average Bonchev–Trinajstić information content (AvgIpc) is 3.35. The summed E-state index contributed by atoms with van der Waals surface area (Å²) in [6, 6.07) is 7.72. The van der Waals surface area contributed by atoms with Gasteiger partial charge in [-0.3, -0.25) is 9.48 Å². The molecule has 3 aromatic heterocycles. The van der Waals surface area contributed by atoms with Crippen molar-refractivity contribution in [2.75, 3.05) is 5.32 Å². The molecule has 0 spiro atoms. The number of hydrogen-bond acceptors (Lipinski definition) is 4. The maximum absolute atomic E-state index is 13.1. The van der Waals surface area contributed by atoms with Crippen LogP contribution in [0.15, 0.2) is 36.7 Å². The van der Waals surface area contributed by atoms with E-state index in [-0.39, 0.29) is 5.91 Å². The van der Waals surface area contributed by atoms with Crippen LogP contribution in [0.3, 0.4) is 0 Å². The largest absolute Gasteiger partial charge is 0.322 e. The van der Waals surface area contributed by atoms with Crippen molar-refractivity contribution < 1.29 is 4.79 Å². The molecule has 0 bridgehead atoms. The lowest BCUT2D eigenvalue weighted by molar-refractivity contribution is 0.102. The maximum atomic E-state index is 13.1. The number of benzene rings is 1. The molecule has 1 N–H and O–H groups in total. The van der Waals surface area contributed by atoms with Crippen LogP contribution in [0.25, 0.3) is 21.9 Å². The van der Waals surface area contributed by atoms with Crippen LogP contribution in [0, 0.1) is 0 Å². The van der Waals surface area contributed by atoms with Gasteiger partial charge in [-0.15, -0.1) is 0 Å². The summed E-state index contributed by atoms with van der Waals surface area (Å²) in [5, 5.41) is 13.7.